The van der Waals surface area contributed by atoms with Crippen molar-refractivity contribution in [2.45, 2.75) is 76.4 Å². The number of carbonyl (C=O) groups excluding carboxylic acids is 2. The van der Waals surface area contributed by atoms with Crippen molar-refractivity contribution in [3.05, 3.63) is 59.7 Å². The number of nitrogens with zero attached hydrogens (tertiary/aromatic N) is 1. The lowest BCUT2D eigenvalue weighted by atomic mass is 9.93. The van der Waals surface area contributed by atoms with Gasteiger partial charge in [0.2, 0.25) is 5.91 Å². The zero-order chi connectivity index (χ0) is 28.3. The highest BCUT2D eigenvalue weighted by atomic mass is 32.2. The smallest absolute Gasteiger partial charge is 0.319 e. The SMILES string of the molecule is CC.CCCCCC(NC(=O)Nc1cccc(SF)c1)C(=O)N1Cc2ccccc2C[C@@H]1CONO.CN. The van der Waals surface area contributed by atoms with E-state index in [1.165, 1.54) is 13.1 Å². The number of nitrogens with two attached hydrogens (primary N) is 1. The van der Waals surface area contributed by atoms with Crippen molar-refractivity contribution in [3.63, 3.8) is 0 Å². The number of benzene rings is 2. The van der Waals surface area contributed by atoms with Crippen LogP contribution in [-0.2, 0) is 22.6 Å². The van der Waals surface area contributed by atoms with E-state index in [1.807, 2.05) is 38.1 Å². The number of urea groups is 1. The molecule has 3 amide bonds. The second kappa shape index (κ2) is 19.4. The maximum Gasteiger partial charge on any atom is 0.319 e. The molecule has 0 radical (unpaired) electrons. The first-order chi connectivity index (χ1) is 18.5. The summed E-state index contributed by atoms with van der Waals surface area (Å²) in [4.78, 5) is 33.5. The molecular weight excluding hydrogens is 509 g/mol. The van der Waals surface area contributed by atoms with Gasteiger partial charge in [-0.3, -0.25) is 14.8 Å². The molecule has 212 valence electrons. The molecule has 0 aromatic heterocycles. The number of nitrogens with one attached hydrogen (secondary N) is 3. The standard InChI is InChI=1S/C24H31FN4O4S.C2H6.CH5N/c1-2-3-4-12-22(27-24(31)26-19-10-7-11-21(14-19)34-25)23(30)29-15-18-9-6-5-8-17(18)13-20(29)16-33-28-32;2*1-2/h5-11,14,20,22,28,32H,2-4,12-13,15-16H2,1H3,(H2,26,27,31);1-2H3;2H2,1H3/t20-,22?;;/m1../s1. The Morgan fingerprint density at radius 3 is 2.53 bits per heavy atom. The van der Waals surface area contributed by atoms with Crippen molar-refractivity contribution < 1.29 is 23.5 Å². The van der Waals surface area contributed by atoms with Gasteiger partial charge in [0.15, 0.2) is 0 Å². The van der Waals surface area contributed by atoms with Gasteiger partial charge in [0.25, 0.3) is 0 Å². The van der Waals surface area contributed by atoms with E-state index in [4.69, 9.17) is 10.0 Å². The number of hydrogen-bond donors (Lipinski definition) is 5. The van der Waals surface area contributed by atoms with Crippen LogP contribution in [0.1, 0.15) is 57.6 Å². The van der Waals surface area contributed by atoms with Crippen LogP contribution in [0.3, 0.4) is 0 Å². The maximum absolute atomic E-state index is 13.7. The molecule has 38 heavy (non-hydrogen) atoms. The lowest BCUT2D eigenvalue weighted by molar-refractivity contribution is -0.154. The summed E-state index contributed by atoms with van der Waals surface area (Å²) < 4.78 is 12.9. The van der Waals surface area contributed by atoms with Gasteiger partial charge < -0.3 is 21.3 Å². The molecular formula is C27H42FN5O4S. The molecule has 2 aromatic rings. The van der Waals surface area contributed by atoms with Crippen LogP contribution in [0.5, 0.6) is 0 Å². The molecule has 0 aliphatic carbocycles. The Bertz CT molecular complexity index is 969. The van der Waals surface area contributed by atoms with Crippen LogP contribution in [0, 0.1) is 0 Å². The van der Waals surface area contributed by atoms with Crippen LogP contribution in [0.4, 0.5) is 14.4 Å². The average Bonchev–Trinajstić information content (AvgIpc) is 2.97. The van der Waals surface area contributed by atoms with E-state index >= 15 is 0 Å². The van der Waals surface area contributed by atoms with Crippen LogP contribution in [0.15, 0.2) is 53.4 Å². The summed E-state index contributed by atoms with van der Waals surface area (Å²) in [5, 5.41) is 14.4. The monoisotopic (exact) mass is 551 g/mol. The highest BCUT2D eigenvalue weighted by Crippen LogP contribution is 2.25. The molecule has 9 nitrogen and oxygen atoms in total. The largest absolute Gasteiger partial charge is 0.333 e. The number of hydrogen-bond acceptors (Lipinski definition) is 7. The van der Waals surface area contributed by atoms with Gasteiger partial charge >= 0.3 is 6.03 Å². The highest BCUT2D eigenvalue weighted by Gasteiger charge is 2.34. The van der Waals surface area contributed by atoms with Gasteiger partial charge in [0, 0.05) is 17.1 Å². The van der Waals surface area contributed by atoms with Crippen molar-refractivity contribution in [2.75, 3.05) is 19.0 Å². The maximum atomic E-state index is 13.7. The van der Waals surface area contributed by atoms with Gasteiger partial charge in [0.05, 0.1) is 24.8 Å². The number of rotatable bonds is 11. The molecule has 0 saturated heterocycles. The zero-order valence-electron chi connectivity index (χ0n) is 22.7. The van der Waals surface area contributed by atoms with E-state index in [9.17, 15) is 13.5 Å². The first-order valence-corrected chi connectivity index (χ1v) is 13.7. The van der Waals surface area contributed by atoms with Crippen molar-refractivity contribution in [1.29, 1.82) is 0 Å². The molecule has 11 heteroatoms. The van der Waals surface area contributed by atoms with Gasteiger partial charge in [-0.05, 0) is 49.2 Å². The fraction of sp³-hybridized carbons (Fsp3) is 0.481. The van der Waals surface area contributed by atoms with E-state index in [0.29, 0.717) is 30.0 Å². The summed E-state index contributed by atoms with van der Waals surface area (Å²) in [6.07, 6.45) is 3.77. The normalized spacial score (nSPS) is 14.6. The number of halogens is 1. The Morgan fingerprint density at radius 2 is 1.87 bits per heavy atom. The molecule has 1 aliphatic rings. The molecule has 2 atom stereocenters. The molecule has 3 rings (SSSR count). The summed E-state index contributed by atoms with van der Waals surface area (Å²) in [6.45, 7) is 6.56. The van der Waals surface area contributed by atoms with Crippen LogP contribution >= 0.6 is 12.1 Å². The van der Waals surface area contributed by atoms with E-state index in [0.717, 1.165) is 30.4 Å². The molecule has 0 spiro atoms. The Labute approximate surface area is 229 Å². The Balaban J connectivity index is 0.00000172. The lowest BCUT2D eigenvalue weighted by Gasteiger charge is -2.38. The first-order valence-electron chi connectivity index (χ1n) is 13.0. The summed E-state index contributed by atoms with van der Waals surface area (Å²) in [7, 11) is 1.50. The third kappa shape index (κ3) is 10.6. The van der Waals surface area contributed by atoms with Crippen molar-refractivity contribution in [3.8, 4) is 0 Å². The van der Waals surface area contributed by atoms with Gasteiger partial charge in [0.1, 0.15) is 6.04 Å². The number of unbranched alkanes of at least 4 members (excludes halogenated alkanes) is 2. The third-order valence-corrected chi connectivity index (χ3v) is 6.29. The minimum Gasteiger partial charge on any atom is -0.333 e. The van der Waals surface area contributed by atoms with E-state index in [-0.39, 0.29) is 30.7 Å². The predicted molar refractivity (Wildman–Crippen MR) is 150 cm³/mol. The fourth-order valence-corrected chi connectivity index (χ4v) is 4.43. The van der Waals surface area contributed by atoms with Gasteiger partial charge in [-0.2, -0.15) is 3.89 Å². The third-order valence-electron chi connectivity index (χ3n) is 5.86. The van der Waals surface area contributed by atoms with Crippen LogP contribution < -0.4 is 22.0 Å². The van der Waals surface area contributed by atoms with Crippen LogP contribution in [0.2, 0.25) is 0 Å². The van der Waals surface area contributed by atoms with Crippen LogP contribution in [-0.4, -0.2) is 47.8 Å². The minimum absolute atomic E-state index is 0.0951. The van der Waals surface area contributed by atoms with Crippen LogP contribution in [0.25, 0.3) is 0 Å². The Hall–Kier alpha value is -2.70. The van der Waals surface area contributed by atoms with Crippen molar-refractivity contribution in [1.82, 2.24) is 15.9 Å². The number of amides is 3. The second-order valence-corrected chi connectivity index (χ2v) is 8.87. The Kier molecular flexibility index (Phi) is 17.0. The topological polar surface area (TPSA) is 129 Å². The Morgan fingerprint density at radius 1 is 1.16 bits per heavy atom. The molecule has 1 heterocycles. The summed E-state index contributed by atoms with van der Waals surface area (Å²) >= 11 is 0.0951. The minimum atomic E-state index is -0.736. The molecule has 1 unspecified atom stereocenters. The number of anilines is 1. The highest BCUT2D eigenvalue weighted by molar-refractivity contribution is 7.94. The number of fused-ring (bicyclic) bond motifs is 1. The zero-order valence-corrected chi connectivity index (χ0v) is 23.5. The summed E-state index contributed by atoms with van der Waals surface area (Å²) in [5.74, 6) is -0.208. The summed E-state index contributed by atoms with van der Waals surface area (Å²) in [6, 6.07) is 12.7. The molecule has 1 aliphatic heterocycles. The molecule has 0 bridgehead atoms. The molecule has 0 fully saturated rings. The average molecular weight is 552 g/mol. The van der Waals surface area contributed by atoms with E-state index in [2.05, 4.69) is 23.3 Å². The van der Waals surface area contributed by atoms with E-state index in [1.54, 1.807) is 28.7 Å². The van der Waals surface area contributed by atoms with Gasteiger partial charge in [-0.1, -0.05) is 76.0 Å². The van der Waals surface area contributed by atoms with Crippen molar-refractivity contribution >= 4 is 29.8 Å². The quantitative estimate of drug-likeness (QED) is 0.192. The van der Waals surface area contributed by atoms with Crippen molar-refractivity contribution in [2.24, 2.45) is 5.73 Å². The number of carbonyl (C=O) groups is 2. The van der Waals surface area contributed by atoms with E-state index < -0.39 is 12.1 Å². The second-order valence-electron chi connectivity index (χ2n) is 8.25. The van der Waals surface area contributed by atoms with Gasteiger partial charge in [-0.15, -0.1) is 0 Å². The first kappa shape index (κ1) is 33.3. The lowest BCUT2D eigenvalue weighted by Crippen LogP contribution is -2.55. The fourth-order valence-electron chi connectivity index (χ4n) is 4.13. The molecule has 6 N–H and O–H groups in total. The predicted octanol–water partition coefficient (Wildman–Crippen LogP) is 5.20. The summed E-state index contributed by atoms with van der Waals surface area (Å²) in [5.41, 5.74) is 8.79. The molecule has 0 saturated carbocycles. The molecule has 2 aromatic carbocycles. The van der Waals surface area contributed by atoms with Gasteiger partial charge in [-0.25, -0.2) is 4.79 Å².